The van der Waals surface area contributed by atoms with Gasteiger partial charge in [-0.05, 0) is 30.9 Å². The van der Waals surface area contributed by atoms with Crippen LogP contribution >= 0.6 is 0 Å². The molecule has 1 amide bonds. The highest BCUT2D eigenvalue weighted by Crippen LogP contribution is 2.32. The lowest BCUT2D eigenvalue weighted by molar-refractivity contribution is 0.0615. The van der Waals surface area contributed by atoms with Crippen molar-refractivity contribution in [3.05, 3.63) is 41.5 Å². The van der Waals surface area contributed by atoms with Gasteiger partial charge in [0.1, 0.15) is 5.69 Å². The first-order chi connectivity index (χ1) is 11.6. The minimum absolute atomic E-state index is 0.0709. The summed E-state index contributed by atoms with van der Waals surface area (Å²) in [5.74, 6) is 1.02. The first-order valence-electron chi connectivity index (χ1n) is 8.62. The van der Waals surface area contributed by atoms with Crippen molar-refractivity contribution in [1.82, 2.24) is 19.2 Å². The van der Waals surface area contributed by atoms with Gasteiger partial charge in [-0.3, -0.25) is 9.48 Å². The Morgan fingerprint density at radius 2 is 2.17 bits per heavy atom. The maximum atomic E-state index is 12.9. The van der Waals surface area contributed by atoms with E-state index in [2.05, 4.69) is 5.10 Å². The highest BCUT2D eigenvalue weighted by Gasteiger charge is 2.32. The standard InChI is InChI=1S/C18H24N4O2/c1-20-7-3-4-16(20)18(23)22-9-14(12-24-11-13-5-6-13)15-8-19-21(2)17(15)10-22/h3-4,7-8,13-14H,5-6,9-12H2,1-2H3. The summed E-state index contributed by atoms with van der Waals surface area (Å²) in [5.41, 5.74) is 3.06. The van der Waals surface area contributed by atoms with E-state index in [0.29, 0.717) is 19.7 Å². The van der Waals surface area contributed by atoms with Crippen LogP contribution in [0.15, 0.2) is 24.5 Å². The predicted octanol–water partition coefficient (Wildman–Crippen LogP) is 1.92. The molecule has 1 saturated carbocycles. The monoisotopic (exact) mass is 328 g/mol. The van der Waals surface area contributed by atoms with Crippen molar-refractivity contribution in [1.29, 1.82) is 0 Å². The molecule has 0 radical (unpaired) electrons. The summed E-state index contributed by atoms with van der Waals surface area (Å²) in [5, 5.41) is 4.40. The summed E-state index contributed by atoms with van der Waals surface area (Å²) < 4.78 is 9.68. The van der Waals surface area contributed by atoms with Crippen LogP contribution in [0.25, 0.3) is 0 Å². The Hall–Kier alpha value is -2.08. The minimum Gasteiger partial charge on any atom is -0.380 e. The highest BCUT2D eigenvalue weighted by atomic mass is 16.5. The zero-order chi connectivity index (χ0) is 16.7. The van der Waals surface area contributed by atoms with Crippen LogP contribution in [0.2, 0.25) is 0 Å². The highest BCUT2D eigenvalue weighted by molar-refractivity contribution is 5.93. The fraction of sp³-hybridized carbons (Fsp3) is 0.556. The second-order valence-electron chi connectivity index (χ2n) is 7.04. The molecule has 0 bridgehead atoms. The summed E-state index contributed by atoms with van der Waals surface area (Å²) >= 11 is 0. The Labute approximate surface area is 142 Å². The molecule has 0 saturated heterocycles. The molecule has 24 heavy (non-hydrogen) atoms. The maximum Gasteiger partial charge on any atom is 0.270 e. The summed E-state index contributed by atoms with van der Waals surface area (Å²) in [6, 6.07) is 3.78. The zero-order valence-corrected chi connectivity index (χ0v) is 14.3. The van der Waals surface area contributed by atoms with Crippen LogP contribution in [0.4, 0.5) is 0 Å². The predicted molar refractivity (Wildman–Crippen MR) is 89.6 cm³/mol. The number of hydrogen-bond donors (Lipinski definition) is 0. The Bertz CT molecular complexity index is 744. The molecule has 128 valence electrons. The molecule has 4 rings (SSSR count). The van der Waals surface area contributed by atoms with E-state index in [0.717, 1.165) is 23.9 Å². The van der Waals surface area contributed by atoms with Crippen molar-refractivity contribution in [3.8, 4) is 0 Å². The van der Waals surface area contributed by atoms with Gasteiger partial charge in [-0.25, -0.2) is 0 Å². The minimum atomic E-state index is 0.0709. The maximum absolute atomic E-state index is 12.9. The molecule has 6 heteroatoms. The van der Waals surface area contributed by atoms with Crippen molar-refractivity contribution in [2.45, 2.75) is 25.3 Å². The normalized spacial score (nSPS) is 20.2. The summed E-state index contributed by atoms with van der Waals surface area (Å²) in [7, 11) is 3.85. The SMILES string of the molecule is Cn1cccc1C(=O)N1Cc2c(cnn2C)C(COCC2CC2)C1. The number of hydrogen-bond acceptors (Lipinski definition) is 3. The van der Waals surface area contributed by atoms with Gasteiger partial charge in [0, 0.05) is 44.9 Å². The van der Waals surface area contributed by atoms with Gasteiger partial charge in [-0.2, -0.15) is 5.10 Å². The molecule has 0 N–H and O–H groups in total. The van der Waals surface area contributed by atoms with Gasteiger partial charge in [0.25, 0.3) is 5.91 Å². The van der Waals surface area contributed by atoms with Crippen LogP contribution < -0.4 is 0 Å². The Morgan fingerprint density at radius 1 is 1.33 bits per heavy atom. The third-order valence-electron chi connectivity index (χ3n) is 5.13. The summed E-state index contributed by atoms with van der Waals surface area (Å²) in [6.07, 6.45) is 6.43. The van der Waals surface area contributed by atoms with Gasteiger partial charge in [0.05, 0.1) is 25.0 Å². The van der Waals surface area contributed by atoms with E-state index in [9.17, 15) is 4.79 Å². The molecule has 1 unspecified atom stereocenters. The first-order valence-corrected chi connectivity index (χ1v) is 8.62. The van der Waals surface area contributed by atoms with E-state index in [1.54, 1.807) is 0 Å². The fourth-order valence-electron chi connectivity index (χ4n) is 3.43. The number of aryl methyl sites for hydroxylation is 2. The van der Waals surface area contributed by atoms with E-state index < -0.39 is 0 Å². The van der Waals surface area contributed by atoms with Crippen molar-refractivity contribution < 1.29 is 9.53 Å². The van der Waals surface area contributed by atoms with Crippen LogP contribution in [-0.2, 0) is 25.4 Å². The summed E-state index contributed by atoms with van der Waals surface area (Å²) in [4.78, 5) is 14.8. The Kier molecular flexibility index (Phi) is 3.92. The van der Waals surface area contributed by atoms with Gasteiger partial charge in [-0.15, -0.1) is 0 Å². The smallest absolute Gasteiger partial charge is 0.270 e. The number of carbonyl (C=O) groups is 1. The topological polar surface area (TPSA) is 52.3 Å². The van der Waals surface area contributed by atoms with E-state index in [1.807, 2.05) is 52.8 Å². The quantitative estimate of drug-likeness (QED) is 0.843. The zero-order valence-electron chi connectivity index (χ0n) is 14.3. The second-order valence-corrected chi connectivity index (χ2v) is 7.04. The second kappa shape index (κ2) is 6.09. The summed E-state index contributed by atoms with van der Waals surface area (Å²) in [6.45, 7) is 2.80. The van der Waals surface area contributed by atoms with E-state index in [-0.39, 0.29) is 11.8 Å². The number of amides is 1. The fourth-order valence-corrected chi connectivity index (χ4v) is 3.43. The van der Waals surface area contributed by atoms with E-state index in [4.69, 9.17) is 4.74 Å². The molecule has 2 aromatic heterocycles. The van der Waals surface area contributed by atoms with E-state index >= 15 is 0 Å². The lowest BCUT2D eigenvalue weighted by atomic mass is 9.95. The molecule has 3 heterocycles. The average molecular weight is 328 g/mol. The number of ether oxygens (including phenoxy) is 1. The van der Waals surface area contributed by atoms with Crippen molar-refractivity contribution in [3.63, 3.8) is 0 Å². The van der Waals surface area contributed by atoms with Crippen LogP contribution in [0, 0.1) is 5.92 Å². The third-order valence-corrected chi connectivity index (χ3v) is 5.13. The Balaban J connectivity index is 1.53. The van der Waals surface area contributed by atoms with Gasteiger partial charge in [-0.1, -0.05) is 0 Å². The molecule has 1 fully saturated rings. The van der Waals surface area contributed by atoms with Crippen molar-refractivity contribution in [2.75, 3.05) is 19.8 Å². The average Bonchev–Trinajstić information content (AvgIpc) is 3.18. The Morgan fingerprint density at radius 3 is 2.88 bits per heavy atom. The lowest BCUT2D eigenvalue weighted by Gasteiger charge is -2.33. The molecular weight excluding hydrogens is 304 g/mol. The van der Waals surface area contributed by atoms with Crippen LogP contribution in [-0.4, -0.2) is 44.9 Å². The first kappa shape index (κ1) is 15.4. The molecule has 0 aromatic carbocycles. The molecule has 1 aliphatic carbocycles. The molecule has 1 aliphatic heterocycles. The third kappa shape index (κ3) is 2.86. The van der Waals surface area contributed by atoms with Gasteiger partial charge >= 0.3 is 0 Å². The number of aromatic nitrogens is 3. The molecule has 2 aromatic rings. The van der Waals surface area contributed by atoms with Crippen molar-refractivity contribution >= 4 is 5.91 Å². The molecule has 0 spiro atoms. The lowest BCUT2D eigenvalue weighted by Crippen LogP contribution is -2.40. The number of rotatable bonds is 5. The van der Waals surface area contributed by atoms with Crippen molar-refractivity contribution in [2.24, 2.45) is 20.0 Å². The number of fused-ring (bicyclic) bond motifs is 1. The van der Waals surface area contributed by atoms with Gasteiger partial charge in [0.2, 0.25) is 0 Å². The molecule has 1 atom stereocenters. The molecule has 6 nitrogen and oxygen atoms in total. The van der Waals surface area contributed by atoms with Crippen LogP contribution in [0.3, 0.4) is 0 Å². The molecular formula is C18H24N4O2. The molecule has 2 aliphatic rings. The van der Waals surface area contributed by atoms with Gasteiger partial charge < -0.3 is 14.2 Å². The largest absolute Gasteiger partial charge is 0.380 e. The van der Waals surface area contributed by atoms with Crippen LogP contribution in [0.1, 0.15) is 40.5 Å². The van der Waals surface area contributed by atoms with Crippen LogP contribution in [0.5, 0.6) is 0 Å². The number of nitrogens with zero attached hydrogens (tertiary/aromatic N) is 4. The van der Waals surface area contributed by atoms with E-state index in [1.165, 1.54) is 18.4 Å². The van der Waals surface area contributed by atoms with Gasteiger partial charge in [0.15, 0.2) is 0 Å². The number of carbonyl (C=O) groups excluding carboxylic acids is 1.